The summed E-state index contributed by atoms with van der Waals surface area (Å²) in [6.07, 6.45) is 3.50. The molecule has 0 aromatic carbocycles. The van der Waals surface area contributed by atoms with Crippen LogP contribution in [-0.4, -0.2) is 61.9 Å². The molecule has 5 nitrogen and oxygen atoms in total. The number of rotatable bonds is 4. The largest absolute Gasteiger partial charge is 0.356 e. The minimum absolute atomic E-state index is 0. The van der Waals surface area contributed by atoms with Gasteiger partial charge in [-0.3, -0.25) is 4.79 Å². The van der Waals surface area contributed by atoms with Crippen LogP contribution in [0.15, 0.2) is 4.99 Å². The molecule has 0 spiro atoms. The SMILES string of the molecule is CCCNC(=NCC(=O)N(C)C)N1CCCC1.I. The molecule has 0 saturated carbocycles. The molecule has 1 amide bonds. The number of likely N-dealkylation sites (tertiary alicyclic amines) is 1. The highest BCUT2D eigenvalue weighted by atomic mass is 127. The third-order valence-electron chi connectivity index (χ3n) is 2.80. The fourth-order valence-electron chi connectivity index (χ4n) is 1.72. The number of likely N-dealkylation sites (N-methyl/N-ethyl adjacent to an activating group) is 1. The average Bonchev–Trinajstić information content (AvgIpc) is 2.82. The Kier molecular flexibility index (Phi) is 9.13. The molecule has 0 bridgehead atoms. The van der Waals surface area contributed by atoms with E-state index < -0.39 is 0 Å². The zero-order valence-electron chi connectivity index (χ0n) is 11.6. The molecule has 1 aliphatic heterocycles. The fourth-order valence-corrected chi connectivity index (χ4v) is 1.72. The molecule has 0 aliphatic carbocycles. The minimum Gasteiger partial charge on any atom is -0.356 e. The van der Waals surface area contributed by atoms with Crippen molar-refractivity contribution >= 4 is 35.8 Å². The van der Waals surface area contributed by atoms with Crippen molar-refractivity contribution in [1.82, 2.24) is 15.1 Å². The van der Waals surface area contributed by atoms with Gasteiger partial charge in [-0.1, -0.05) is 6.92 Å². The third-order valence-corrected chi connectivity index (χ3v) is 2.80. The van der Waals surface area contributed by atoms with Crippen molar-refractivity contribution in [1.29, 1.82) is 0 Å². The first kappa shape index (κ1) is 17.5. The van der Waals surface area contributed by atoms with E-state index in [2.05, 4.69) is 22.1 Å². The Morgan fingerprint density at radius 3 is 2.44 bits per heavy atom. The van der Waals surface area contributed by atoms with Crippen LogP contribution in [0.25, 0.3) is 0 Å². The second kappa shape index (κ2) is 9.41. The maximum atomic E-state index is 11.5. The number of aliphatic imine (C=N–C) groups is 1. The highest BCUT2D eigenvalue weighted by molar-refractivity contribution is 14.0. The summed E-state index contributed by atoms with van der Waals surface area (Å²) in [5.41, 5.74) is 0. The summed E-state index contributed by atoms with van der Waals surface area (Å²) >= 11 is 0. The maximum Gasteiger partial charge on any atom is 0.243 e. The predicted molar refractivity (Wildman–Crippen MR) is 85.5 cm³/mol. The van der Waals surface area contributed by atoms with Crippen molar-refractivity contribution in [2.24, 2.45) is 4.99 Å². The lowest BCUT2D eigenvalue weighted by Crippen LogP contribution is -2.40. The quantitative estimate of drug-likeness (QED) is 0.460. The van der Waals surface area contributed by atoms with Crippen LogP contribution in [0.2, 0.25) is 0 Å². The Balaban J connectivity index is 0.00000289. The Morgan fingerprint density at radius 1 is 1.33 bits per heavy atom. The van der Waals surface area contributed by atoms with Gasteiger partial charge in [-0.2, -0.15) is 0 Å². The van der Waals surface area contributed by atoms with Gasteiger partial charge in [0.15, 0.2) is 5.96 Å². The van der Waals surface area contributed by atoms with E-state index >= 15 is 0 Å². The van der Waals surface area contributed by atoms with E-state index in [0.29, 0.717) is 0 Å². The van der Waals surface area contributed by atoms with Crippen molar-refractivity contribution in [2.45, 2.75) is 26.2 Å². The predicted octanol–water partition coefficient (Wildman–Crippen LogP) is 1.14. The van der Waals surface area contributed by atoms with Gasteiger partial charge in [0.2, 0.25) is 5.91 Å². The molecule has 6 heteroatoms. The molecule has 1 rings (SSSR count). The van der Waals surface area contributed by atoms with Gasteiger partial charge in [0, 0.05) is 33.7 Å². The average molecular weight is 368 g/mol. The summed E-state index contributed by atoms with van der Waals surface area (Å²) < 4.78 is 0. The van der Waals surface area contributed by atoms with E-state index in [9.17, 15) is 4.79 Å². The number of guanidine groups is 1. The number of carbonyl (C=O) groups is 1. The minimum atomic E-state index is 0. The van der Waals surface area contributed by atoms with Crippen molar-refractivity contribution in [3.05, 3.63) is 0 Å². The molecule has 1 N–H and O–H groups in total. The number of nitrogens with zero attached hydrogens (tertiary/aromatic N) is 3. The molecule has 1 aliphatic rings. The molecule has 1 heterocycles. The van der Waals surface area contributed by atoms with Gasteiger partial charge in [0.05, 0.1) is 0 Å². The number of hydrogen-bond acceptors (Lipinski definition) is 2. The molecule has 106 valence electrons. The van der Waals surface area contributed by atoms with Crippen LogP contribution < -0.4 is 5.32 Å². The van der Waals surface area contributed by atoms with Gasteiger partial charge >= 0.3 is 0 Å². The van der Waals surface area contributed by atoms with Crippen molar-refractivity contribution < 1.29 is 4.79 Å². The molecular weight excluding hydrogens is 343 g/mol. The van der Waals surface area contributed by atoms with E-state index in [4.69, 9.17) is 0 Å². The normalized spacial score (nSPS) is 15.3. The van der Waals surface area contributed by atoms with E-state index in [1.807, 2.05) is 0 Å². The first-order chi connectivity index (χ1) is 8.15. The van der Waals surface area contributed by atoms with Crippen LogP contribution in [0.1, 0.15) is 26.2 Å². The van der Waals surface area contributed by atoms with Crippen LogP contribution in [0, 0.1) is 0 Å². The van der Waals surface area contributed by atoms with Crippen LogP contribution in [0.4, 0.5) is 0 Å². The Labute approximate surface area is 127 Å². The second-order valence-corrected chi connectivity index (χ2v) is 4.55. The molecule has 0 radical (unpaired) electrons. The molecule has 1 saturated heterocycles. The standard InChI is InChI=1S/C12H24N4O.HI/c1-4-7-13-12(16-8-5-6-9-16)14-10-11(17)15(2)3;/h4-10H2,1-3H3,(H,13,14);1H. The molecule has 0 atom stereocenters. The fraction of sp³-hybridized carbons (Fsp3) is 0.833. The summed E-state index contributed by atoms with van der Waals surface area (Å²) in [5, 5.41) is 3.31. The van der Waals surface area contributed by atoms with E-state index in [1.54, 1.807) is 19.0 Å². The van der Waals surface area contributed by atoms with Crippen LogP contribution in [0.5, 0.6) is 0 Å². The zero-order valence-corrected chi connectivity index (χ0v) is 13.9. The summed E-state index contributed by atoms with van der Waals surface area (Å²) in [5.74, 6) is 0.930. The summed E-state index contributed by atoms with van der Waals surface area (Å²) in [4.78, 5) is 19.7. The topological polar surface area (TPSA) is 47.9 Å². The third kappa shape index (κ3) is 5.88. The molecule has 0 aromatic rings. The highest BCUT2D eigenvalue weighted by Crippen LogP contribution is 2.07. The lowest BCUT2D eigenvalue weighted by atomic mass is 10.4. The van der Waals surface area contributed by atoms with Crippen molar-refractivity contribution in [3.63, 3.8) is 0 Å². The van der Waals surface area contributed by atoms with Gasteiger partial charge in [0.1, 0.15) is 6.54 Å². The summed E-state index contributed by atoms with van der Waals surface area (Å²) in [6.45, 7) is 5.36. The second-order valence-electron chi connectivity index (χ2n) is 4.55. The molecule has 0 unspecified atom stereocenters. The van der Waals surface area contributed by atoms with Gasteiger partial charge in [-0.15, -0.1) is 24.0 Å². The zero-order chi connectivity index (χ0) is 12.7. The number of amides is 1. The van der Waals surface area contributed by atoms with Gasteiger partial charge in [0.25, 0.3) is 0 Å². The lowest BCUT2D eigenvalue weighted by Gasteiger charge is -2.21. The monoisotopic (exact) mass is 368 g/mol. The van der Waals surface area contributed by atoms with Gasteiger partial charge < -0.3 is 15.1 Å². The Morgan fingerprint density at radius 2 is 1.94 bits per heavy atom. The lowest BCUT2D eigenvalue weighted by molar-refractivity contribution is -0.127. The smallest absolute Gasteiger partial charge is 0.243 e. The number of halogens is 1. The molecule has 18 heavy (non-hydrogen) atoms. The Bertz CT molecular complexity index is 275. The van der Waals surface area contributed by atoms with Crippen molar-refractivity contribution in [3.8, 4) is 0 Å². The molecular formula is C12H25IN4O. The first-order valence-electron chi connectivity index (χ1n) is 6.38. The highest BCUT2D eigenvalue weighted by Gasteiger charge is 2.16. The first-order valence-corrected chi connectivity index (χ1v) is 6.38. The van der Waals surface area contributed by atoms with E-state index in [0.717, 1.165) is 32.0 Å². The maximum absolute atomic E-state index is 11.5. The molecule has 0 aromatic heterocycles. The summed E-state index contributed by atoms with van der Waals surface area (Å²) in [7, 11) is 3.51. The van der Waals surface area contributed by atoms with E-state index in [1.165, 1.54) is 12.8 Å². The Hall–Kier alpha value is -0.530. The van der Waals surface area contributed by atoms with E-state index in [-0.39, 0.29) is 36.4 Å². The number of nitrogens with one attached hydrogen (secondary N) is 1. The number of carbonyl (C=O) groups excluding carboxylic acids is 1. The van der Waals surface area contributed by atoms with Crippen molar-refractivity contribution in [2.75, 3.05) is 40.3 Å². The molecule has 1 fully saturated rings. The van der Waals surface area contributed by atoms with Gasteiger partial charge in [-0.25, -0.2) is 4.99 Å². The van der Waals surface area contributed by atoms with Crippen LogP contribution in [0.3, 0.4) is 0 Å². The summed E-state index contributed by atoms with van der Waals surface area (Å²) in [6, 6.07) is 0. The van der Waals surface area contributed by atoms with Gasteiger partial charge in [-0.05, 0) is 19.3 Å². The number of hydrogen-bond donors (Lipinski definition) is 1. The van der Waals surface area contributed by atoms with Crippen LogP contribution >= 0.6 is 24.0 Å². The van der Waals surface area contributed by atoms with Crippen LogP contribution in [-0.2, 0) is 4.79 Å².